The zero-order valence-electron chi connectivity index (χ0n) is 16.7. The summed E-state index contributed by atoms with van der Waals surface area (Å²) in [6.07, 6.45) is 3.80. The van der Waals surface area contributed by atoms with E-state index in [1.807, 2.05) is 47.4 Å². The van der Waals surface area contributed by atoms with Crippen LogP contribution < -0.4 is 10.6 Å². The Morgan fingerprint density at radius 3 is 2.68 bits per heavy atom. The van der Waals surface area contributed by atoms with Crippen molar-refractivity contribution in [1.82, 2.24) is 19.6 Å². The molecule has 2 heterocycles. The first-order chi connectivity index (χ1) is 15.0. The Kier molecular flexibility index (Phi) is 6.70. The predicted molar refractivity (Wildman–Crippen MR) is 133 cm³/mol. The Balaban J connectivity index is 1.36. The van der Waals surface area contributed by atoms with Crippen molar-refractivity contribution in [3.8, 4) is 0 Å². The lowest BCUT2D eigenvalue weighted by Crippen LogP contribution is -2.20. The van der Waals surface area contributed by atoms with Crippen molar-refractivity contribution < 1.29 is 0 Å². The van der Waals surface area contributed by atoms with Gasteiger partial charge in [0.15, 0.2) is 16.7 Å². The summed E-state index contributed by atoms with van der Waals surface area (Å²) in [6, 6.07) is 18.0. The van der Waals surface area contributed by atoms with Gasteiger partial charge in [0, 0.05) is 23.5 Å². The van der Waals surface area contributed by atoms with Crippen molar-refractivity contribution in [3.05, 3.63) is 93.2 Å². The fraction of sp³-hybridized carbons (Fsp3) is 0.136. The van der Waals surface area contributed by atoms with E-state index in [2.05, 4.69) is 68.0 Å². The highest BCUT2D eigenvalue weighted by Crippen LogP contribution is 2.23. The monoisotopic (exact) mass is 514 g/mol. The van der Waals surface area contributed by atoms with E-state index in [0.717, 1.165) is 10.0 Å². The molecular formula is C22H20BrClN6S. The molecule has 0 amide bonds. The van der Waals surface area contributed by atoms with Crippen molar-refractivity contribution in [2.45, 2.75) is 20.0 Å². The highest BCUT2D eigenvalue weighted by Gasteiger charge is 2.11. The van der Waals surface area contributed by atoms with E-state index in [9.17, 15) is 0 Å². The van der Waals surface area contributed by atoms with Crippen LogP contribution in [0.1, 0.15) is 16.7 Å². The molecule has 0 aliphatic carbocycles. The molecule has 0 aliphatic rings. The van der Waals surface area contributed by atoms with Crippen molar-refractivity contribution in [3.63, 3.8) is 0 Å². The molecule has 2 N–H and O–H groups in total. The largest absolute Gasteiger partial charge is 0.316 e. The number of rotatable bonds is 6. The van der Waals surface area contributed by atoms with E-state index in [0.29, 0.717) is 34.9 Å². The minimum atomic E-state index is 0.407. The molecule has 9 heteroatoms. The second-order valence-electron chi connectivity index (χ2n) is 7.08. The van der Waals surface area contributed by atoms with Gasteiger partial charge in [-0.05, 0) is 52.3 Å². The van der Waals surface area contributed by atoms with E-state index in [-0.39, 0.29) is 0 Å². The van der Waals surface area contributed by atoms with E-state index in [1.165, 1.54) is 11.1 Å². The molecule has 0 unspecified atom stereocenters. The minimum Gasteiger partial charge on any atom is -0.316 e. The van der Waals surface area contributed by atoms with E-state index < -0.39 is 0 Å². The number of thiocarbonyl (C=S) groups is 1. The number of benzene rings is 2. The molecule has 0 bridgehead atoms. The Hall–Kier alpha value is -2.68. The highest BCUT2D eigenvalue weighted by atomic mass is 79.9. The number of hydrogen-bond donors (Lipinski definition) is 2. The number of aromatic nitrogens is 4. The normalized spacial score (nSPS) is 10.8. The van der Waals surface area contributed by atoms with E-state index >= 15 is 0 Å². The third-order valence-electron chi connectivity index (χ3n) is 4.55. The fourth-order valence-electron chi connectivity index (χ4n) is 3.13. The van der Waals surface area contributed by atoms with Crippen molar-refractivity contribution in [2.75, 3.05) is 10.6 Å². The zero-order valence-corrected chi connectivity index (χ0v) is 19.9. The molecule has 0 spiro atoms. The average molecular weight is 516 g/mol. The highest BCUT2D eigenvalue weighted by molar-refractivity contribution is 9.10. The SMILES string of the molecule is Cc1cccc(Cn2ccc(NC(=S)Nc3nn(Cc4ccccc4Cl)cc3Br)n2)c1. The van der Waals surface area contributed by atoms with Crippen LogP contribution in [0.15, 0.2) is 71.5 Å². The van der Waals surface area contributed by atoms with Crippen LogP contribution in [0, 0.1) is 6.92 Å². The van der Waals surface area contributed by atoms with Crippen LogP contribution in [0.25, 0.3) is 0 Å². The molecule has 0 fully saturated rings. The number of nitrogens with zero attached hydrogens (tertiary/aromatic N) is 4. The van der Waals surface area contributed by atoms with Crippen LogP contribution >= 0.6 is 39.7 Å². The van der Waals surface area contributed by atoms with Gasteiger partial charge >= 0.3 is 0 Å². The van der Waals surface area contributed by atoms with Gasteiger partial charge in [-0.25, -0.2) is 0 Å². The van der Waals surface area contributed by atoms with Gasteiger partial charge in [-0.2, -0.15) is 10.2 Å². The Bertz CT molecular complexity index is 1220. The van der Waals surface area contributed by atoms with Gasteiger partial charge in [0.1, 0.15) is 0 Å². The van der Waals surface area contributed by atoms with Gasteiger partial charge in [0.2, 0.25) is 0 Å². The molecule has 31 heavy (non-hydrogen) atoms. The minimum absolute atomic E-state index is 0.407. The summed E-state index contributed by atoms with van der Waals surface area (Å²) < 4.78 is 4.47. The first kappa shape index (κ1) is 21.5. The summed E-state index contributed by atoms with van der Waals surface area (Å²) in [5.41, 5.74) is 3.42. The molecule has 6 nitrogen and oxygen atoms in total. The second-order valence-corrected chi connectivity index (χ2v) is 8.75. The molecule has 0 aliphatic heterocycles. The van der Waals surface area contributed by atoms with Crippen LogP contribution in [-0.2, 0) is 13.1 Å². The third-order valence-corrected chi connectivity index (χ3v) is 5.70. The molecule has 158 valence electrons. The molecule has 0 atom stereocenters. The summed E-state index contributed by atoms with van der Waals surface area (Å²) in [4.78, 5) is 0. The number of nitrogens with one attached hydrogen (secondary N) is 2. The van der Waals surface area contributed by atoms with Gasteiger partial charge in [-0.1, -0.05) is 59.6 Å². The molecule has 2 aromatic carbocycles. The molecule has 0 radical (unpaired) electrons. The van der Waals surface area contributed by atoms with E-state index in [4.69, 9.17) is 23.8 Å². The van der Waals surface area contributed by atoms with Crippen LogP contribution in [0.4, 0.5) is 11.6 Å². The lowest BCUT2D eigenvalue weighted by atomic mass is 10.1. The van der Waals surface area contributed by atoms with Crippen molar-refractivity contribution >= 4 is 56.5 Å². The fourth-order valence-corrected chi connectivity index (χ4v) is 3.94. The lowest BCUT2D eigenvalue weighted by Gasteiger charge is -2.07. The molecule has 4 aromatic rings. The third kappa shape index (κ3) is 5.72. The summed E-state index contributed by atoms with van der Waals surface area (Å²) in [5, 5.41) is 16.4. The van der Waals surface area contributed by atoms with Crippen molar-refractivity contribution in [1.29, 1.82) is 0 Å². The topological polar surface area (TPSA) is 59.7 Å². The summed E-state index contributed by atoms with van der Waals surface area (Å²) in [6.45, 7) is 3.34. The first-order valence-electron chi connectivity index (χ1n) is 9.59. The van der Waals surface area contributed by atoms with Crippen LogP contribution in [0.5, 0.6) is 0 Å². The van der Waals surface area contributed by atoms with Crippen LogP contribution in [-0.4, -0.2) is 24.7 Å². The number of anilines is 2. The zero-order chi connectivity index (χ0) is 21.8. The molecule has 0 saturated heterocycles. The molecule has 0 saturated carbocycles. The molecule has 4 rings (SSSR count). The summed E-state index contributed by atoms with van der Waals surface area (Å²) in [5.74, 6) is 1.28. The molecular weight excluding hydrogens is 496 g/mol. The molecule has 2 aromatic heterocycles. The second kappa shape index (κ2) is 9.64. The predicted octanol–water partition coefficient (Wildman–Crippen LogP) is 5.71. The Morgan fingerprint density at radius 1 is 1.03 bits per heavy atom. The Labute approximate surface area is 199 Å². The maximum atomic E-state index is 6.25. The van der Waals surface area contributed by atoms with Crippen LogP contribution in [0.3, 0.4) is 0 Å². The number of hydrogen-bond acceptors (Lipinski definition) is 3. The Morgan fingerprint density at radius 2 is 1.87 bits per heavy atom. The van der Waals surface area contributed by atoms with Crippen LogP contribution in [0.2, 0.25) is 5.02 Å². The first-order valence-corrected chi connectivity index (χ1v) is 11.2. The maximum absolute atomic E-state index is 6.25. The quantitative estimate of drug-likeness (QED) is 0.322. The standard InChI is InChI=1S/C22H20BrClN6S/c1-15-5-4-6-16(11-15)12-29-10-9-20(27-29)25-22(31)26-21-18(23)14-30(28-21)13-17-7-2-3-8-19(17)24/h2-11,14H,12-13H2,1H3,(H2,25,26,27,28,31). The van der Waals surface area contributed by atoms with E-state index in [1.54, 1.807) is 4.68 Å². The van der Waals surface area contributed by atoms with Crippen molar-refractivity contribution in [2.24, 2.45) is 0 Å². The van der Waals surface area contributed by atoms with Gasteiger partial charge in [-0.15, -0.1) is 0 Å². The lowest BCUT2D eigenvalue weighted by molar-refractivity contribution is 0.689. The summed E-state index contributed by atoms with van der Waals surface area (Å²) in [7, 11) is 0. The number of aryl methyl sites for hydroxylation is 1. The van der Waals surface area contributed by atoms with Gasteiger partial charge in [0.05, 0.1) is 17.6 Å². The average Bonchev–Trinajstić information content (AvgIpc) is 3.29. The van der Waals surface area contributed by atoms with Gasteiger partial charge in [0.25, 0.3) is 0 Å². The van der Waals surface area contributed by atoms with Gasteiger partial charge in [-0.3, -0.25) is 9.36 Å². The smallest absolute Gasteiger partial charge is 0.177 e. The van der Waals surface area contributed by atoms with Gasteiger partial charge < -0.3 is 10.6 Å². The maximum Gasteiger partial charge on any atom is 0.177 e. The number of halogens is 2. The summed E-state index contributed by atoms with van der Waals surface area (Å²) >= 11 is 15.2.